The number of furan rings is 1. The lowest BCUT2D eigenvalue weighted by Gasteiger charge is -2.60. The van der Waals surface area contributed by atoms with Crippen molar-refractivity contribution in [2.24, 2.45) is 28.6 Å². The van der Waals surface area contributed by atoms with Crippen molar-refractivity contribution in [3.05, 3.63) is 113 Å². The molecule has 2 heterocycles. The summed E-state index contributed by atoms with van der Waals surface area (Å²) in [6.07, 6.45) is 10.8. The molecule has 4 aromatic rings. The lowest BCUT2D eigenvalue weighted by Crippen LogP contribution is -2.64. The first-order chi connectivity index (χ1) is 25.6. The maximum absolute atomic E-state index is 14.1. The second-order valence-electron chi connectivity index (χ2n) is 16.2. The fourth-order valence-corrected chi connectivity index (χ4v) is 10.8. The molecule has 3 fully saturated rings. The Morgan fingerprint density at radius 2 is 1.89 bits per heavy atom. The zero-order valence-corrected chi connectivity index (χ0v) is 30.8. The lowest BCUT2D eigenvalue weighted by atomic mass is 9.45. The molecular formula is C44H49N3O6. The monoisotopic (exact) mass is 715 g/mol. The number of hydrogen-bond acceptors (Lipinski definition) is 7. The highest BCUT2D eigenvalue weighted by atomic mass is 16.6. The van der Waals surface area contributed by atoms with Gasteiger partial charge in [-0.2, -0.15) is 5.10 Å². The van der Waals surface area contributed by atoms with Crippen LogP contribution in [-0.2, 0) is 22.4 Å². The zero-order chi connectivity index (χ0) is 37.0. The van der Waals surface area contributed by atoms with Crippen LogP contribution in [-0.4, -0.2) is 50.8 Å². The summed E-state index contributed by atoms with van der Waals surface area (Å²) in [5.41, 5.74) is 3.64. The Bertz CT molecular complexity index is 2050. The van der Waals surface area contributed by atoms with Crippen molar-refractivity contribution in [2.75, 3.05) is 6.54 Å². The van der Waals surface area contributed by atoms with Crippen LogP contribution in [0, 0.1) is 28.6 Å². The molecule has 4 unspecified atom stereocenters. The average molecular weight is 716 g/mol. The number of nitrogens with one attached hydrogen (secondary N) is 1. The summed E-state index contributed by atoms with van der Waals surface area (Å²) in [5.74, 6) is -0.573. The van der Waals surface area contributed by atoms with Gasteiger partial charge in [-0.1, -0.05) is 68.8 Å². The predicted molar refractivity (Wildman–Crippen MR) is 200 cm³/mol. The molecule has 2 N–H and O–H groups in total. The van der Waals surface area contributed by atoms with Crippen molar-refractivity contribution in [1.29, 1.82) is 0 Å². The molecule has 2 aromatic heterocycles. The molecule has 7 atom stereocenters. The number of rotatable bonds is 10. The van der Waals surface area contributed by atoms with Gasteiger partial charge < -0.3 is 19.6 Å². The Labute approximate surface area is 310 Å². The molecule has 0 aliphatic heterocycles. The lowest BCUT2D eigenvalue weighted by molar-refractivity contribution is -0.182. The number of fused-ring (bicyclic) bond motifs is 6. The minimum atomic E-state index is -1.42. The van der Waals surface area contributed by atoms with Gasteiger partial charge in [-0.3, -0.25) is 9.59 Å². The van der Waals surface area contributed by atoms with Crippen LogP contribution in [0.4, 0.5) is 0 Å². The normalized spacial score (nSPS) is 29.9. The Hall–Kier alpha value is -4.76. The van der Waals surface area contributed by atoms with Crippen LogP contribution in [0.15, 0.2) is 89.2 Å². The van der Waals surface area contributed by atoms with E-state index in [4.69, 9.17) is 14.3 Å². The van der Waals surface area contributed by atoms with Crippen LogP contribution in [0.5, 0.6) is 0 Å². The largest absolute Gasteiger partial charge is 0.457 e. The number of ether oxygens (including phenoxy) is 1. The maximum atomic E-state index is 14.1. The third-order valence-corrected chi connectivity index (χ3v) is 13.3. The number of nitrogens with zero attached hydrogens (tertiary/aromatic N) is 2. The fourth-order valence-electron chi connectivity index (χ4n) is 10.8. The van der Waals surface area contributed by atoms with E-state index in [9.17, 15) is 19.5 Å². The number of allylic oxidation sites excluding steroid dienone is 1. The molecular weight excluding hydrogens is 666 g/mol. The van der Waals surface area contributed by atoms with Crippen LogP contribution in [0.25, 0.3) is 11.8 Å². The van der Waals surface area contributed by atoms with Gasteiger partial charge in [0.25, 0.3) is 5.91 Å². The van der Waals surface area contributed by atoms with Gasteiger partial charge in [0.1, 0.15) is 0 Å². The summed E-state index contributed by atoms with van der Waals surface area (Å²) >= 11 is 0. The highest BCUT2D eigenvalue weighted by Crippen LogP contribution is 2.68. The molecule has 0 spiro atoms. The van der Waals surface area contributed by atoms with Crippen molar-refractivity contribution in [1.82, 2.24) is 15.1 Å². The average Bonchev–Trinajstić information content (AvgIpc) is 3.91. The minimum Gasteiger partial charge on any atom is -0.457 e. The summed E-state index contributed by atoms with van der Waals surface area (Å²) in [4.78, 5) is 40.8. The van der Waals surface area contributed by atoms with Gasteiger partial charge in [0.15, 0.2) is 11.4 Å². The predicted octanol–water partition coefficient (Wildman–Crippen LogP) is 7.56. The van der Waals surface area contributed by atoms with Crippen LogP contribution >= 0.6 is 0 Å². The number of aliphatic hydroxyl groups excluding tert-OH is 1. The molecule has 0 saturated heterocycles. The van der Waals surface area contributed by atoms with E-state index in [-0.39, 0.29) is 40.6 Å². The molecule has 2 aromatic carbocycles. The quantitative estimate of drug-likeness (QED) is 0.128. The van der Waals surface area contributed by atoms with Gasteiger partial charge in [0.2, 0.25) is 5.76 Å². The number of aliphatic hydroxyl groups is 1. The van der Waals surface area contributed by atoms with Gasteiger partial charge in [-0.05, 0) is 116 Å². The van der Waals surface area contributed by atoms with E-state index < -0.39 is 23.1 Å². The molecule has 1 amide bonds. The van der Waals surface area contributed by atoms with Gasteiger partial charge in [-0.15, -0.1) is 0 Å². The summed E-state index contributed by atoms with van der Waals surface area (Å²) in [6.45, 7) is 6.82. The molecule has 9 nitrogen and oxygen atoms in total. The number of aryl methyl sites for hydroxylation is 1. The maximum Gasteiger partial charge on any atom is 0.375 e. The van der Waals surface area contributed by atoms with Crippen molar-refractivity contribution in [3.63, 3.8) is 0 Å². The molecule has 4 aliphatic carbocycles. The van der Waals surface area contributed by atoms with E-state index in [1.54, 1.807) is 12.1 Å². The van der Waals surface area contributed by atoms with E-state index in [1.165, 1.54) is 11.8 Å². The first-order valence-electron chi connectivity index (χ1n) is 19.3. The Morgan fingerprint density at radius 1 is 1.06 bits per heavy atom. The van der Waals surface area contributed by atoms with Gasteiger partial charge in [0.05, 0.1) is 29.9 Å². The molecule has 9 heteroatoms. The summed E-state index contributed by atoms with van der Waals surface area (Å²) < 4.78 is 13.6. The second kappa shape index (κ2) is 13.6. The molecule has 3 saturated carbocycles. The molecule has 53 heavy (non-hydrogen) atoms. The Kier molecular flexibility index (Phi) is 9.04. The van der Waals surface area contributed by atoms with Gasteiger partial charge >= 0.3 is 5.97 Å². The first kappa shape index (κ1) is 35.3. The minimum absolute atomic E-state index is 0.0297. The number of carbonyl (C=O) groups excluding carboxylic acids is 3. The van der Waals surface area contributed by atoms with Crippen molar-refractivity contribution < 1.29 is 28.6 Å². The summed E-state index contributed by atoms with van der Waals surface area (Å²) in [5, 5.41) is 20.2. The van der Waals surface area contributed by atoms with Gasteiger partial charge in [0, 0.05) is 23.9 Å². The number of carbonyl (C=O) groups is 3. The summed E-state index contributed by atoms with van der Waals surface area (Å²) in [7, 11) is 0. The summed E-state index contributed by atoms with van der Waals surface area (Å²) in [6, 6.07) is 21.0. The van der Waals surface area contributed by atoms with Crippen molar-refractivity contribution >= 4 is 23.7 Å². The van der Waals surface area contributed by atoms with Crippen LogP contribution in [0.1, 0.15) is 103 Å². The molecule has 8 rings (SSSR count). The highest BCUT2D eigenvalue weighted by molar-refractivity contribution is 5.96. The number of hydrogen-bond donors (Lipinski definition) is 2. The number of amides is 1. The molecule has 0 bridgehead atoms. The number of esters is 1. The van der Waals surface area contributed by atoms with Crippen molar-refractivity contribution in [2.45, 2.75) is 90.3 Å². The number of Topliss-reactive ketones (excluding diaryl/α,β-unsaturated/α-hetero) is 1. The van der Waals surface area contributed by atoms with Crippen LogP contribution in [0.3, 0.4) is 0 Å². The van der Waals surface area contributed by atoms with E-state index in [2.05, 4.69) is 25.2 Å². The van der Waals surface area contributed by atoms with E-state index >= 15 is 0 Å². The SMILES string of the molecule is CCCNC(=O)[C@@]1(OC(=O)c2ccco2)CCC2C3CCC4=Cc5c(cnn5-c5cccc(C(=O)CCc6ccccc6)c5)C[C@]4(C)C3C(O)C[C@@]21C. The van der Waals surface area contributed by atoms with E-state index in [0.717, 1.165) is 54.6 Å². The smallest absolute Gasteiger partial charge is 0.375 e. The van der Waals surface area contributed by atoms with Crippen LogP contribution in [0.2, 0.25) is 0 Å². The molecule has 276 valence electrons. The van der Waals surface area contributed by atoms with Crippen LogP contribution < -0.4 is 5.32 Å². The number of ketones is 1. The Morgan fingerprint density at radius 3 is 2.66 bits per heavy atom. The second-order valence-corrected chi connectivity index (χ2v) is 16.2. The standard InChI is InChI=1S/C44H49N3O6/c1-4-21-45-41(51)44(53-40(50)38-14-9-22-52-38)20-19-34-33-17-16-31-24-35-30(25-42(31,2)39(33)37(49)26-43(34,44)3)27-46-47(35)32-13-8-12-29(23-32)36(48)18-15-28-10-6-5-7-11-28/h5-14,22-24,27,33-34,37,39,49H,4,15-21,25-26H2,1-3H3,(H,45,51)/t33?,34?,37?,39?,42-,43-,44-/m0/s1. The fraction of sp³-hybridized carbons (Fsp3) is 0.455. The van der Waals surface area contributed by atoms with Gasteiger partial charge in [-0.25, -0.2) is 9.48 Å². The molecule has 0 radical (unpaired) electrons. The third kappa shape index (κ3) is 5.79. The third-order valence-electron chi connectivity index (χ3n) is 13.3. The highest BCUT2D eigenvalue weighted by Gasteiger charge is 2.71. The number of benzene rings is 2. The van der Waals surface area contributed by atoms with E-state index in [1.807, 2.05) is 72.4 Å². The van der Waals surface area contributed by atoms with Crippen molar-refractivity contribution in [3.8, 4) is 5.69 Å². The molecule has 4 aliphatic rings. The number of aromatic nitrogens is 2. The Balaban J connectivity index is 1.06. The van der Waals surface area contributed by atoms with E-state index in [0.29, 0.717) is 37.8 Å². The first-order valence-corrected chi connectivity index (χ1v) is 19.3. The zero-order valence-electron chi connectivity index (χ0n) is 30.8. The topological polar surface area (TPSA) is 124 Å².